The number of aryl methyl sites for hydroxylation is 2. The Bertz CT molecular complexity index is 1140. The van der Waals surface area contributed by atoms with Gasteiger partial charge in [0.05, 0.1) is 11.0 Å². The Balaban J connectivity index is 1.14. The molecule has 35 heavy (non-hydrogen) atoms. The van der Waals surface area contributed by atoms with Gasteiger partial charge in [0.15, 0.2) is 0 Å². The second-order valence-electron chi connectivity index (χ2n) is 10.1. The van der Waals surface area contributed by atoms with Crippen LogP contribution in [0.15, 0.2) is 42.5 Å². The average Bonchev–Trinajstić information content (AvgIpc) is 3.18. The highest BCUT2D eigenvalue weighted by atomic mass is 16.2. The lowest BCUT2D eigenvalue weighted by Crippen LogP contribution is -2.47. The first-order valence-corrected chi connectivity index (χ1v) is 13.1. The third-order valence-corrected chi connectivity index (χ3v) is 7.59. The van der Waals surface area contributed by atoms with Crippen LogP contribution in [-0.4, -0.2) is 59.2 Å². The van der Waals surface area contributed by atoms with Gasteiger partial charge in [0, 0.05) is 63.6 Å². The molecule has 1 aromatic heterocycles. The monoisotopic (exact) mass is 474 g/mol. The van der Waals surface area contributed by atoms with E-state index in [2.05, 4.69) is 69.3 Å². The lowest BCUT2D eigenvalue weighted by Gasteiger charge is -2.36. The number of carbonyl (C=O) groups excluding carboxylic acids is 1. The van der Waals surface area contributed by atoms with Crippen LogP contribution in [-0.2, 0) is 13.5 Å². The summed E-state index contributed by atoms with van der Waals surface area (Å²) in [6, 6.07) is 15.0. The molecule has 0 spiro atoms. The number of nitrogens with zero attached hydrogens (tertiary/aromatic N) is 4. The van der Waals surface area contributed by atoms with E-state index in [0.29, 0.717) is 6.04 Å². The highest BCUT2D eigenvalue weighted by Gasteiger charge is 2.19. The number of hydrogen-bond acceptors (Lipinski definition) is 4. The van der Waals surface area contributed by atoms with Crippen LogP contribution in [0.25, 0.3) is 11.0 Å². The van der Waals surface area contributed by atoms with Crippen LogP contribution in [0.2, 0.25) is 0 Å². The summed E-state index contributed by atoms with van der Waals surface area (Å²) in [5, 5.41) is 6.12. The fraction of sp³-hybridized carbons (Fsp3) is 0.500. The molecule has 0 bridgehead atoms. The molecule has 1 saturated heterocycles. The lowest BCUT2D eigenvalue weighted by atomic mass is 9.96. The standard InChI is InChI=1S/C28H38N6O/c1-21-8-11-24(12-9-21)34-18-16-33(17-19-34)15-14-27-31-25-20-23(10-13-26(25)32(27)2)30-28(35)29-22-6-4-3-5-7-22/h8-13,20,22H,3-7,14-19H2,1-2H3,(H2,29,30,35). The number of hydrogen-bond donors (Lipinski definition) is 2. The second kappa shape index (κ2) is 10.7. The zero-order chi connectivity index (χ0) is 24.2. The van der Waals surface area contributed by atoms with Crippen molar-refractivity contribution in [2.24, 2.45) is 7.05 Å². The van der Waals surface area contributed by atoms with Crippen LogP contribution in [0.5, 0.6) is 0 Å². The summed E-state index contributed by atoms with van der Waals surface area (Å²) in [5.74, 6) is 1.09. The number of urea groups is 1. The van der Waals surface area contributed by atoms with E-state index in [1.807, 2.05) is 12.1 Å². The molecule has 186 valence electrons. The molecule has 0 radical (unpaired) electrons. The van der Waals surface area contributed by atoms with Crippen LogP contribution in [0, 0.1) is 6.92 Å². The van der Waals surface area contributed by atoms with Gasteiger partial charge in [0.1, 0.15) is 5.82 Å². The molecule has 0 unspecified atom stereocenters. The number of piperazine rings is 1. The molecule has 2 aliphatic rings. The van der Waals surface area contributed by atoms with Gasteiger partial charge in [0.25, 0.3) is 0 Å². The van der Waals surface area contributed by atoms with E-state index in [1.165, 1.54) is 30.5 Å². The Morgan fingerprint density at radius 3 is 2.49 bits per heavy atom. The maximum absolute atomic E-state index is 12.4. The summed E-state index contributed by atoms with van der Waals surface area (Å²) >= 11 is 0. The molecule has 2 fully saturated rings. The van der Waals surface area contributed by atoms with Gasteiger partial charge < -0.3 is 20.1 Å². The predicted molar refractivity (Wildman–Crippen MR) is 143 cm³/mol. The molecule has 7 nitrogen and oxygen atoms in total. The molecule has 1 aliphatic carbocycles. The minimum absolute atomic E-state index is 0.114. The van der Waals surface area contributed by atoms with Gasteiger partial charge in [0.2, 0.25) is 0 Å². The van der Waals surface area contributed by atoms with Crippen LogP contribution in [0.1, 0.15) is 43.5 Å². The molecule has 1 aliphatic heterocycles. The molecule has 3 aromatic rings. The smallest absolute Gasteiger partial charge is 0.319 e. The molecule has 2 amide bonds. The number of anilines is 2. The highest BCUT2D eigenvalue weighted by Crippen LogP contribution is 2.22. The predicted octanol–water partition coefficient (Wildman–Crippen LogP) is 4.70. The van der Waals surface area contributed by atoms with E-state index in [0.717, 1.165) is 74.5 Å². The molecule has 7 heteroatoms. The molecule has 5 rings (SSSR count). The first-order chi connectivity index (χ1) is 17.0. The van der Waals surface area contributed by atoms with Crippen molar-refractivity contribution in [1.29, 1.82) is 0 Å². The Kier molecular flexibility index (Phi) is 7.23. The largest absolute Gasteiger partial charge is 0.369 e. The quantitative estimate of drug-likeness (QED) is 0.544. The third-order valence-electron chi connectivity index (χ3n) is 7.59. The van der Waals surface area contributed by atoms with E-state index >= 15 is 0 Å². The molecular formula is C28H38N6O. The molecule has 2 heterocycles. The summed E-state index contributed by atoms with van der Waals surface area (Å²) in [4.78, 5) is 22.4. The van der Waals surface area contributed by atoms with Crippen molar-refractivity contribution in [3.8, 4) is 0 Å². The number of aromatic nitrogens is 2. The topological polar surface area (TPSA) is 65.4 Å². The lowest BCUT2D eigenvalue weighted by molar-refractivity contribution is 0.244. The number of carbonyl (C=O) groups is 1. The SMILES string of the molecule is Cc1ccc(N2CCN(CCc3nc4cc(NC(=O)NC5CCCCC5)ccc4n3C)CC2)cc1. The number of fused-ring (bicyclic) bond motifs is 1. The van der Waals surface area contributed by atoms with Crippen LogP contribution < -0.4 is 15.5 Å². The molecule has 2 N–H and O–H groups in total. The van der Waals surface area contributed by atoms with E-state index in [1.54, 1.807) is 0 Å². The van der Waals surface area contributed by atoms with Gasteiger partial charge in [-0.25, -0.2) is 9.78 Å². The Morgan fingerprint density at radius 1 is 1.00 bits per heavy atom. The minimum atomic E-state index is -0.114. The fourth-order valence-corrected chi connectivity index (χ4v) is 5.39. The van der Waals surface area contributed by atoms with Crippen molar-refractivity contribution >= 4 is 28.4 Å². The number of imidazole rings is 1. The Hall–Kier alpha value is -3.06. The molecule has 2 aromatic carbocycles. The van der Waals surface area contributed by atoms with Gasteiger partial charge in [-0.05, 0) is 50.1 Å². The zero-order valence-electron chi connectivity index (χ0n) is 21.1. The van der Waals surface area contributed by atoms with Crippen molar-refractivity contribution in [3.05, 3.63) is 53.9 Å². The van der Waals surface area contributed by atoms with Crippen LogP contribution in [0.4, 0.5) is 16.2 Å². The average molecular weight is 475 g/mol. The van der Waals surface area contributed by atoms with Gasteiger partial charge in [-0.3, -0.25) is 4.90 Å². The van der Waals surface area contributed by atoms with Crippen molar-refractivity contribution < 1.29 is 4.79 Å². The number of amides is 2. The second-order valence-corrected chi connectivity index (χ2v) is 10.1. The van der Waals surface area contributed by atoms with E-state index in [9.17, 15) is 4.79 Å². The van der Waals surface area contributed by atoms with Gasteiger partial charge in [-0.2, -0.15) is 0 Å². The highest BCUT2D eigenvalue weighted by molar-refractivity contribution is 5.92. The first kappa shape index (κ1) is 23.7. The summed E-state index contributed by atoms with van der Waals surface area (Å²) < 4.78 is 2.18. The molecule has 0 atom stereocenters. The summed E-state index contributed by atoms with van der Waals surface area (Å²) in [6.45, 7) is 7.40. The van der Waals surface area contributed by atoms with E-state index < -0.39 is 0 Å². The van der Waals surface area contributed by atoms with Gasteiger partial charge >= 0.3 is 6.03 Å². The Morgan fingerprint density at radius 2 is 1.74 bits per heavy atom. The normalized spacial score (nSPS) is 17.6. The van der Waals surface area contributed by atoms with Crippen molar-refractivity contribution in [1.82, 2.24) is 19.8 Å². The van der Waals surface area contributed by atoms with Gasteiger partial charge in [-0.15, -0.1) is 0 Å². The summed E-state index contributed by atoms with van der Waals surface area (Å²) in [7, 11) is 2.09. The molecular weight excluding hydrogens is 436 g/mol. The number of benzene rings is 2. The van der Waals surface area contributed by atoms with Crippen LogP contribution in [0.3, 0.4) is 0 Å². The van der Waals surface area contributed by atoms with E-state index in [-0.39, 0.29) is 6.03 Å². The maximum Gasteiger partial charge on any atom is 0.319 e. The van der Waals surface area contributed by atoms with Crippen molar-refractivity contribution in [3.63, 3.8) is 0 Å². The molecule has 1 saturated carbocycles. The Labute approximate surface area is 208 Å². The number of nitrogens with one attached hydrogen (secondary N) is 2. The summed E-state index contributed by atoms with van der Waals surface area (Å²) in [6.07, 6.45) is 6.77. The minimum Gasteiger partial charge on any atom is -0.369 e. The summed E-state index contributed by atoms with van der Waals surface area (Å²) in [5.41, 5.74) is 5.45. The van der Waals surface area contributed by atoms with Crippen LogP contribution >= 0.6 is 0 Å². The van der Waals surface area contributed by atoms with Crippen molar-refractivity contribution in [2.45, 2.75) is 51.5 Å². The van der Waals surface area contributed by atoms with Gasteiger partial charge in [-0.1, -0.05) is 37.0 Å². The third kappa shape index (κ3) is 5.78. The number of rotatable bonds is 6. The first-order valence-electron chi connectivity index (χ1n) is 13.1. The van der Waals surface area contributed by atoms with Crippen molar-refractivity contribution in [2.75, 3.05) is 42.9 Å². The fourth-order valence-electron chi connectivity index (χ4n) is 5.39. The maximum atomic E-state index is 12.4. The van der Waals surface area contributed by atoms with E-state index in [4.69, 9.17) is 4.98 Å². The zero-order valence-corrected chi connectivity index (χ0v) is 21.1.